The van der Waals surface area contributed by atoms with Gasteiger partial charge in [0.15, 0.2) is 11.5 Å². The summed E-state index contributed by atoms with van der Waals surface area (Å²) in [5.74, 6) is -0.565. The molecule has 0 N–H and O–H groups in total. The smallest absolute Gasteiger partial charge is 0.416 e. The van der Waals surface area contributed by atoms with E-state index in [2.05, 4.69) is 0 Å². The minimum atomic E-state index is -4.66. The van der Waals surface area contributed by atoms with Crippen LogP contribution in [0.15, 0.2) is 72.2 Å². The van der Waals surface area contributed by atoms with E-state index in [9.17, 15) is 46.6 Å². The van der Waals surface area contributed by atoms with Gasteiger partial charge in [-0.05, 0) is 86.4 Å². The van der Waals surface area contributed by atoms with Gasteiger partial charge >= 0.3 is 12.4 Å². The fourth-order valence-corrected chi connectivity index (χ4v) is 6.26. The molecule has 2 aliphatic carbocycles. The van der Waals surface area contributed by atoms with Crippen molar-refractivity contribution in [3.63, 3.8) is 0 Å². The molecule has 0 spiro atoms. The summed E-state index contributed by atoms with van der Waals surface area (Å²) in [5.41, 5.74) is -4.15. The van der Waals surface area contributed by atoms with Crippen molar-refractivity contribution >= 4 is 34.3 Å². The average Bonchev–Trinajstić information content (AvgIpc) is 2.87. The van der Waals surface area contributed by atoms with E-state index in [0.29, 0.717) is 12.1 Å². The van der Waals surface area contributed by atoms with Crippen molar-refractivity contribution < 1.29 is 40.9 Å². The summed E-state index contributed by atoms with van der Waals surface area (Å²) in [5, 5.41) is 24.2. The minimum Gasteiger partial charge on any atom is -0.451 e. The van der Waals surface area contributed by atoms with Crippen molar-refractivity contribution in [2.45, 2.75) is 52.1 Å². The van der Waals surface area contributed by atoms with Gasteiger partial charge in [0, 0.05) is 19.9 Å². The van der Waals surface area contributed by atoms with Gasteiger partial charge in [-0.3, -0.25) is 20.2 Å². The molecule has 2 aromatic rings. The van der Waals surface area contributed by atoms with E-state index in [4.69, 9.17) is 27.9 Å². The quantitative estimate of drug-likeness (QED) is 0.172. The molecule has 0 saturated heterocycles. The van der Waals surface area contributed by atoms with Crippen LogP contribution in [0.2, 0.25) is 10.0 Å². The zero-order valence-electron chi connectivity index (χ0n) is 23.9. The van der Waals surface area contributed by atoms with Crippen LogP contribution in [0.5, 0.6) is 0 Å². The highest BCUT2D eigenvalue weighted by atomic mass is 35.5. The molecule has 0 fully saturated rings. The minimum absolute atomic E-state index is 0.124. The molecule has 0 aromatic heterocycles. The monoisotopic (exact) mass is 676 g/mol. The molecular weight excluding hydrogens is 653 g/mol. The van der Waals surface area contributed by atoms with Crippen molar-refractivity contribution in [3.05, 3.63) is 125 Å². The molecular formula is C30H24Cl2F6N2O5. The standard InChI is InChI=1S/C30H24Cl2F6N2O5/c1-27(2)19(17-7-5-15(13-21(17)31)29(33,34)35)9-11-23(25(27)39(41)42)45-24-12-10-20(28(3,4)26(24)40(43)44)18-8-6-16(14-22(18)32)30(36,37)38/h5-14,25-26H,1-4H3. The van der Waals surface area contributed by atoms with E-state index in [1.54, 1.807) is 0 Å². The van der Waals surface area contributed by atoms with Crippen LogP contribution in [0.4, 0.5) is 26.3 Å². The first-order valence-electron chi connectivity index (χ1n) is 13.1. The second-order valence-electron chi connectivity index (χ2n) is 11.6. The maximum absolute atomic E-state index is 13.2. The van der Waals surface area contributed by atoms with E-state index >= 15 is 0 Å². The van der Waals surface area contributed by atoms with Crippen LogP contribution >= 0.6 is 23.2 Å². The Morgan fingerprint density at radius 2 is 1.00 bits per heavy atom. The lowest BCUT2D eigenvalue weighted by Gasteiger charge is -2.37. The number of hydrogen-bond donors (Lipinski definition) is 0. The lowest BCUT2D eigenvalue weighted by atomic mass is 9.70. The molecule has 15 heteroatoms. The van der Waals surface area contributed by atoms with E-state index in [1.807, 2.05) is 0 Å². The molecule has 45 heavy (non-hydrogen) atoms. The summed E-state index contributed by atoms with van der Waals surface area (Å²) >= 11 is 12.4. The number of allylic oxidation sites excluding steroid dienone is 4. The van der Waals surface area contributed by atoms with Crippen LogP contribution in [0.25, 0.3) is 11.1 Å². The number of nitro groups is 2. The zero-order chi connectivity index (χ0) is 33.9. The summed E-state index contributed by atoms with van der Waals surface area (Å²) < 4.78 is 85.0. The predicted octanol–water partition coefficient (Wildman–Crippen LogP) is 9.65. The SMILES string of the molecule is CC1(C)C(c2ccc(C(F)(F)F)cc2Cl)=CC=C(OC2=CC=C(c3ccc(C(F)(F)F)cc3Cl)C(C)(C)C2[N+](=O)[O-])C1[N+](=O)[O-]. The number of rotatable bonds is 6. The first-order valence-corrected chi connectivity index (χ1v) is 13.9. The number of nitrogens with zero attached hydrogens (tertiary/aromatic N) is 2. The normalized spacial score (nSPS) is 21.2. The van der Waals surface area contributed by atoms with E-state index in [0.717, 1.165) is 24.3 Å². The van der Waals surface area contributed by atoms with Gasteiger partial charge in [0.25, 0.3) is 12.1 Å². The van der Waals surface area contributed by atoms with Gasteiger partial charge < -0.3 is 4.74 Å². The second kappa shape index (κ2) is 11.5. The lowest BCUT2D eigenvalue weighted by Crippen LogP contribution is -2.44. The fourth-order valence-electron chi connectivity index (χ4n) is 5.69. The number of ether oxygens (including phenoxy) is 1. The van der Waals surface area contributed by atoms with Gasteiger partial charge in [-0.15, -0.1) is 0 Å². The van der Waals surface area contributed by atoms with Crippen molar-refractivity contribution in [1.29, 1.82) is 0 Å². The molecule has 0 radical (unpaired) electrons. The van der Waals surface area contributed by atoms with E-state index < -0.39 is 56.2 Å². The number of hydrogen-bond acceptors (Lipinski definition) is 5. The van der Waals surface area contributed by atoms with Gasteiger partial charge in [-0.1, -0.05) is 47.5 Å². The first-order chi connectivity index (χ1) is 20.6. The first kappa shape index (κ1) is 34.0. The van der Waals surface area contributed by atoms with Crippen molar-refractivity contribution in [2.24, 2.45) is 10.8 Å². The van der Waals surface area contributed by atoms with Crippen LogP contribution in [-0.4, -0.2) is 21.9 Å². The molecule has 240 valence electrons. The summed E-state index contributed by atoms with van der Waals surface area (Å²) in [7, 11) is 0. The topological polar surface area (TPSA) is 95.5 Å². The molecule has 0 aliphatic heterocycles. The van der Waals surface area contributed by atoms with Crippen LogP contribution < -0.4 is 0 Å². The lowest BCUT2D eigenvalue weighted by molar-refractivity contribution is -0.537. The molecule has 0 saturated carbocycles. The highest BCUT2D eigenvalue weighted by Gasteiger charge is 2.53. The van der Waals surface area contributed by atoms with Crippen LogP contribution in [0.1, 0.15) is 49.9 Å². The summed E-state index contributed by atoms with van der Waals surface area (Å²) in [6.45, 7) is 5.85. The van der Waals surface area contributed by atoms with Crippen molar-refractivity contribution in [1.82, 2.24) is 0 Å². The fraction of sp³-hybridized carbons (Fsp3) is 0.333. The molecule has 2 atom stereocenters. The Balaban J connectivity index is 1.80. The molecule has 2 unspecified atom stereocenters. The molecule has 0 amide bonds. The average molecular weight is 677 g/mol. The Hall–Kier alpha value is -3.84. The third-order valence-corrected chi connectivity index (χ3v) is 8.58. The summed E-state index contributed by atoms with van der Waals surface area (Å²) in [6.07, 6.45) is -4.13. The Kier molecular flexibility index (Phi) is 8.70. The maximum Gasteiger partial charge on any atom is 0.416 e. The van der Waals surface area contributed by atoms with Gasteiger partial charge in [-0.2, -0.15) is 26.3 Å². The number of benzene rings is 2. The highest BCUT2D eigenvalue weighted by molar-refractivity contribution is 6.33. The Bertz CT molecular complexity index is 1580. The maximum atomic E-state index is 13.2. The molecule has 4 rings (SSSR count). The largest absolute Gasteiger partial charge is 0.451 e. The van der Waals surface area contributed by atoms with Gasteiger partial charge in [0.2, 0.25) is 0 Å². The molecule has 0 bridgehead atoms. The summed E-state index contributed by atoms with van der Waals surface area (Å²) in [4.78, 5) is 23.5. The van der Waals surface area contributed by atoms with Crippen LogP contribution in [0, 0.1) is 31.1 Å². The number of halogens is 8. The predicted molar refractivity (Wildman–Crippen MR) is 155 cm³/mol. The Labute approximate surface area is 262 Å². The second-order valence-corrected chi connectivity index (χ2v) is 12.4. The van der Waals surface area contributed by atoms with Crippen LogP contribution in [-0.2, 0) is 17.1 Å². The van der Waals surface area contributed by atoms with Crippen molar-refractivity contribution in [2.75, 3.05) is 0 Å². The van der Waals surface area contributed by atoms with Gasteiger partial charge in [0.05, 0.1) is 22.0 Å². The molecule has 2 aliphatic rings. The zero-order valence-corrected chi connectivity index (χ0v) is 25.4. The Morgan fingerprint density at radius 3 is 1.27 bits per heavy atom. The van der Waals surface area contributed by atoms with Crippen molar-refractivity contribution in [3.8, 4) is 0 Å². The highest BCUT2D eigenvalue weighted by Crippen LogP contribution is 2.50. The third kappa shape index (κ3) is 6.32. The molecule has 2 aromatic carbocycles. The molecule has 7 nitrogen and oxygen atoms in total. The third-order valence-electron chi connectivity index (χ3n) is 7.95. The number of alkyl halides is 6. The van der Waals surface area contributed by atoms with E-state index in [1.165, 1.54) is 52.0 Å². The molecule has 0 heterocycles. The van der Waals surface area contributed by atoms with Gasteiger partial charge in [0.1, 0.15) is 0 Å². The summed E-state index contributed by atoms with van der Waals surface area (Å²) in [6, 6.07) is 1.97. The Morgan fingerprint density at radius 1 is 0.667 bits per heavy atom. The van der Waals surface area contributed by atoms with Crippen LogP contribution in [0.3, 0.4) is 0 Å². The van der Waals surface area contributed by atoms with Gasteiger partial charge in [-0.25, -0.2) is 0 Å². The van der Waals surface area contributed by atoms with E-state index in [-0.39, 0.29) is 43.8 Å².